The number of benzene rings is 1. The number of phenolic OH excluding ortho intramolecular Hbond substituents is 2. The Kier molecular flexibility index (Phi) is 4.11. The molecule has 0 spiro atoms. The molecule has 26 heavy (non-hydrogen) atoms. The Morgan fingerprint density at radius 3 is 2.23 bits per heavy atom. The van der Waals surface area contributed by atoms with E-state index in [0.717, 1.165) is 19.3 Å². The lowest BCUT2D eigenvalue weighted by Gasteiger charge is -2.50. The van der Waals surface area contributed by atoms with Crippen LogP contribution in [0.1, 0.15) is 76.5 Å². The standard InChI is InChI=1S/C21H30O5/c1-11(2)12-15(23)14-13(16(24)17(12)26-6)20(5)9-7-8-19(3,4)18(20)21(14,25)10-22/h10-11,18,23-25H,7-9H2,1-6H3/t18-,20-,21+/m1/s1. The summed E-state index contributed by atoms with van der Waals surface area (Å²) in [6.07, 6.45) is 3.06. The molecule has 1 aromatic carbocycles. The summed E-state index contributed by atoms with van der Waals surface area (Å²) in [6, 6.07) is 0. The Labute approximate surface area is 155 Å². The number of ether oxygens (including phenoxy) is 1. The molecule has 1 fully saturated rings. The van der Waals surface area contributed by atoms with Gasteiger partial charge in [0.1, 0.15) is 5.75 Å². The third-order valence-corrected chi connectivity index (χ3v) is 6.75. The minimum absolute atomic E-state index is 0.0630. The second-order valence-corrected chi connectivity index (χ2v) is 9.18. The summed E-state index contributed by atoms with van der Waals surface area (Å²) < 4.78 is 5.44. The van der Waals surface area contributed by atoms with Gasteiger partial charge in [0, 0.05) is 28.0 Å². The van der Waals surface area contributed by atoms with Gasteiger partial charge in [-0.15, -0.1) is 0 Å². The van der Waals surface area contributed by atoms with Crippen LogP contribution in [0.25, 0.3) is 0 Å². The van der Waals surface area contributed by atoms with Crippen LogP contribution in [0.4, 0.5) is 0 Å². The van der Waals surface area contributed by atoms with Crippen molar-refractivity contribution >= 4 is 6.29 Å². The fraction of sp³-hybridized carbons (Fsp3) is 0.667. The van der Waals surface area contributed by atoms with Crippen LogP contribution in [0.3, 0.4) is 0 Å². The first-order valence-corrected chi connectivity index (χ1v) is 9.32. The number of carbonyl (C=O) groups excluding carboxylic acids is 1. The van der Waals surface area contributed by atoms with E-state index < -0.39 is 16.9 Å². The van der Waals surface area contributed by atoms with E-state index in [2.05, 4.69) is 0 Å². The van der Waals surface area contributed by atoms with Gasteiger partial charge in [-0.1, -0.05) is 41.0 Å². The van der Waals surface area contributed by atoms with Crippen LogP contribution in [-0.4, -0.2) is 28.7 Å². The van der Waals surface area contributed by atoms with Gasteiger partial charge in [0.2, 0.25) is 0 Å². The molecule has 0 unspecified atom stereocenters. The zero-order valence-corrected chi connectivity index (χ0v) is 16.5. The SMILES string of the molecule is COc1c(O)c2c(c(O)c1C(C)C)[C@@](O)(C=O)[C@@H]1C(C)(C)CCC[C@]21C. The van der Waals surface area contributed by atoms with Gasteiger partial charge in [0.25, 0.3) is 0 Å². The number of carbonyl (C=O) groups is 1. The quantitative estimate of drug-likeness (QED) is 0.563. The van der Waals surface area contributed by atoms with Crippen molar-refractivity contribution < 1.29 is 24.9 Å². The highest BCUT2D eigenvalue weighted by Crippen LogP contribution is 2.69. The average molecular weight is 362 g/mol. The van der Waals surface area contributed by atoms with Crippen molar-refractivity contribution in [2.75, 3.05) is 7.11 Å². The topological polar surface area (TPSA) is 87.0 Å². The molecular weight excluding hydrogens is 332 g/mol. The Hall–Kier alpha value is -1.75. The zero-order chi connectivity index (χ0) is 19.7. The molecule has 2 aliphatic carbocycles. The number of aliphatic hydroxyl groups is 1. The highest BCUT2D eigenvalue weighted by molar-refractivity contribution is 5.79. The Bertz CT molecular complexity index is 766. The molecule has 0 aromatic heterocycles. The van der Waals surface area contributed by atoms with Crippen molar-refractivity contribution in [1.82, 2.24) is 0 Å². The first-order chi connectivity index (χ1) is 12.0. The van der Waals surface area contributed by atoms with Gasteiger partial charge in [-0.2, -0.15) is 0 Å². The Morgan fingerprint density at radius 2 is 1.73 bits per heavy atom. The van der Waals surface area contributed by atoms with E-state index in [-0.39, 0.29) is 34.1 Å². The lowest BCUT2D eigenvalue weighted by atomic mass is 9.54. The van der Waals surface area contributed by atoms with Crippen LogP contribution in [0.15, 0.2) is 0 Å². The van der Waals surface area contributed by atoms with Gasteiger partial charge in [-0.05, 0) is 24.2 Å². The van der Waals surface area contributed by atoms with Crippen molar-refractivity contribution in [3.05, 3.63) is 16.7 Å². The summed E-state index contributed by atoms with van der Waals surface area (Å²) in [4.78, 5) is 12.2. The van der Waals surface area contributed by atoms with E-state index in [9.17, 15) is 20.1 Å². The Balaban J connectivity index is 2.49. The monoisotopic (exact) mass is 362 g/mol. The minimum atomic E-state index is -1.84. The molecule has 5 nitrogen and oxygen atoms in total. The number of rotatable bonds is 3. The van der Waals surface area contributed by atoms with Crippen molar-refractivity contribution in [3.63, 3.8) is 0 Å². The van der Waals surface area contributed by atoms with Crippen molar-refractivity contribution in [2.24, 2.45) is 11.3 Å². The molecule has 0 heterocycles. The molecule has 1 saturated carbocycles. The van der Waals surface area contributed by atoms with E-state index in [4.69, 9.17) is 4.74 Å². The summed E-state index contributed by atoms with van der Waals surface area (Å²) in [6.45, 7) is 9.81. The average Bonchev–Trinajstić information content (AvgIpc) is 2.76. The van der Waals surface area contributed by atoms with E-state index in [0.29, 0.717) is 17.4 Å². The molecule has 5 heteroatoms. The first kappa shape index (κ1) is 19.0. The molecule has 3 atom stereocenters. The van der Waals surface area contributed by atoms with Gasteiger partial charge in [0.15, 0.2) is 23.4 Å². The molecule has 1 aromatic rings. The van der Waals surface area contributed by atoms with Crippen LogP contribution in [0.2, 0.25) is 0 Å². The molecule has 3 rings (SSSR count). The maximum absolute atomic E-state index is 12.2. The molecule has 144 valence electrons. The highest BCUT2D eigenvalue weighted by atomic mass is 16.5. The smallest absolute Gasteiger partial charge is 0.167 e. The summed E-state index contributed by atoms with van der Waals surface area (Å²) >= 11 is 0. The minimum Gasteiger partial charge on any atom is -0.507 e. The number of fused-ring (bicyclic) bond motifs is 3. The van der Waals surface area contributed by atoms with Gasteiger partial charge < -0.3 is 20.1 Å². The Morgan fingerprint density at radius 1 is 1.12 bits per heavy atom. The first-order valence-electron chi connectivity index (χ1n) is 9.32. The van der Waals surface area contributed by atoms with Gasteiger partial charge in [0.05, 0.1) is 7.11 Å². The van der Waals surface area contributed by atoms with Crippen molar-refractivity contribution in [2.45, 2.75) is 70.8 Å². The molecule has 2 aliphatic rings. The van der Waals surface area contributed by atoms with E-state index >= 15 is 0 Å². The van der Waals surface area contributed by atoms with Crippen molar-refractivity contribution in [3.8, 4) is 17.2 Å². The molecule has 0 saturated heterocycles. The largest absolute Gasteiger partial charge is 0.507 e. The lowest BCUT2D eigenvalue weighted by molar-refractivity contribution is -0.145. The molecule has 0 amide bonds. The molecule has 0 bridgehead atoms. The summed E-state index contributed by atoms with van der Waals surface area (Å²) in [5.41, 5.74) is -1.75. The molecular formula is C21H30O5. The summed E-state index contributed by atoms with van der Waals surface area (Å²) in [5, 5.41) is 33.8. The fourth-order valence-electron chi connectivity index (χ4n) is 6.09. The summed E-state index contributed by atoms with van der Waals surface area (Å²) in [5.74, 6) is -0.555. The molecule has 0 aliphatic heterocycles. The predicted octanol–water partition coefficient (Wildman–Crippen LogP) is 3.71. The van der Waals surface area contributed by atoms with Crippen LogP contribution in [-0.2, 0) is 15.8 Å². The number of hydrogen-bond donors (Lipinski definition) is 3. The predicted molar refractivity (Wildman–Crippen MR) is 98.8 cm³/mol. The number of aldehydes is 1. The van der Waals surface area contributed by atoms with Crippen molar-refractivity contribution in [1.29, 1.82) is 0 Å². The maximum Gasteiger partial charge on any atom is 0.167 e. The second-order valence-electron chi connectivity index (χ2n) is 9.18. The van der Waals surface area contributed by atoms with E-state index in [1.165, 1.54) is 7.11 Å². The summed E-state index contributed by atoms with van der Waals surface area (Å²) in [7, 11) is 1.46. The van der Waals surface area contributed by atoms with Gasteiger partial charge >= 0.3 is 0 Å². The number of hydrogen-bond acceptors (Lipinski definition) is 5. The van der Waals surface area contributed by atoms with Gasteiger partial charge in [-0.25, -0.2) is 0 Å². The molecule has 3 N–H and O–H groups in total. The molecule has 0 radical (unpaired) electrons. The normalized spacial score (nSPS) is 32.2. The number of phenols is 2. The fourth-order valence-corrected chi connectivity index (χ4v) is 6.09. The van der Waals surface area contributed by atoms with Crippen LogP contribution in [0.5, 0.6) is 17.2 Å². The van der Waals surface area contributed by atoms with Crippen LogP contribution < -0.4 is 4.74 Å². The van der Waals surface area contributed by atoms with E-state index in [1.807, 2.05) is 34.6 Å². The maximum atomic E-state index is 12.2. The van der Waals surface area contributed by atoms with Crippen LogP contribution >= 0.6 is 0 Å². The highest BCUT2D eigenvalue weighted by Gasteiger charge is 2.66. The van der Waals surface area contributed by atoms with Crippen LogP contribution in [0, 0.1) is 11.3 Å². The second kappa shape index (κ2) is 5.62. The van der Waals surface area contributed by atoms with E-state index in [1.54, 1.807) is 0 Å². The number of aromatic hydroxyl groups is 2. The lowest BCUT2D eigenvalue weighted by Crippen LogP contribution is -2.51. The third kappa shape index (κ3) is 2.10. The third-order valence-electron chi connectivity index (χ3n) is 6.75. The number of methoxy groups -OCH3 is 1. The van der Waals surface area contributed by atoms with Gasteiger partial charge in [-0.3, -0.25) is 4.79 Å². The zero-order valence-electron chi connectivity index (χ0n) is 16.5.